The van der Waals surface area contributed by atoms with Gasteiger partial charge >= 0.3 is 5.97 Å². The fourth-order valence-corrected chi connectivity index (χ4v) is 4.44. The molecule has 0 aromatic heterocycles. The van der Waals surface area contributed by atoms with Crippen molar-refractivity contribution in [1.82, 2.24) is 0 Å². The maximum Gasteiger partial charge on any atom is 0.343 e. The topological polar surface area (TPSA) is 35.5 Å². The fourth-order valence-electron chi connectivity index (χ4n) is 4.44. The first-order valence-corrected chi connectivity index (χ1v) is 11.7. The number of benzene rings is 3. The first-order valence-electron chi connectivity index (χ1n) is 11.7. The zero-order valence-electron chi connectivity index (χ0n) is 19.5. The average Bonchev–Trinajstić information content (AvgIpc) is 2.86. The van der Waals surface area contributed by atoms with Crippen molar-refractivity contribution in [2.75, 3.05) is 6.61 Å². The van der Waals surface area contributed by atoms with Crippen LogP contribution in [0.5, 0.6) is 11.5 Å². The lowest BCUT2D eigenvalue weighted by Gasteiger charge is -2.27. The van der Waals surface area contributed by atoms with Crippen molar-refractivity contribution in [1.29, 1.82) is 0 Å². The van der Waals surface area contributed by atoms with Gasteiger partial charge in [0.25, 0.3) is 0 Å². The van der Waals surface area contributed by atoms with Gasteiger partial charge in [-0.25, -0.2) is 18.0 Å². The van der Waals surface area contributed by atoms with Gasteiger partial charge in [-0.15, -0.1) is 0 Å². The molecule has 0 N–H and O–H groups in total. The molecular formula is C29H27F3O3. The smallest absolute Gasteiger partial charge is 0.343 e. The molecule has 0 atom stereocenters. The lowest BCUT2D eigenvalue weighted by molar-refractivity contribution is 0.0734. The zero-order chi connectivity index (χ0) is 24.9. The molecule has 0 aliphatic heterocycles. The molecule has 3 aromatic carbocycles. The molecule has 4 rings (SSSR count). The lowest BCUT2D eigenvalue weighted by Crippen LogP contribution is -2.13. The van der Waals surface area contributed by atoms with Gasteiger partial charge in [-0.05, 0) is 66.1 Å². The van der Waals surface area contributed by atoms with E-state index in [1.54, 1.807) is 24.3 Å². The lowest BCUT2D eigenvalue weighted by atomic mass is 9.79. The van der Waals surface area contributed by atoms with Crippen LogP contribution in [0.1, 0.15) is 54.4 Å². The minimum Gasteiger partial charge on any atom is -0.486 e. The van der Waals surface area contributed by atoms with E-state index in [4.69, 9.17) is 9.47 Å². The summed E-state index contributed by atoms with van der Waals surface area (Å²) >= 11 is 0. The van der Waals surface area contributed by atoms with Crippen molar-refractivity contribution in [3.8, 4) is 22.6 Å². The van der Waals surface area contributed by atoms with E-state index in [0.29, 0.717) is 17.0 Å². The standard InChI is InChI=1S/C29H27F3O3/c1-3-16-34-26-15-10-21(17-25(26)30)29(33)35-22-11-8-20(9-12-22)24-14-13-23(27(31)28(24)32)19-6-4-18(2)5-7-19/h3,8-15,17-19H,1,4-7,16H2,2H3. The minimum absolute atomic E-state index is 0.00382. The Bertz CT molecular complexity index is 1210. The Morgan fingerprint density at radius 3 is 2.34 bits per heavy atom. The molecule has 35 heavy (non-hydrogen) atoms. The first kappa shape index (κ1) is 24.6. The molecule has 0 saturated heterocycles. The van der Waals surface area contributed by atoms with Crippen molar-refractivity contribution in [2.24, 2.45) is 5.92 Å². The van der Waals surface area contributed by atoms with Gasteiger partial charge < -0.3 is 9.47 Å². The summed E-state index contributed by atoms with van der Waals surface area (Å²) in [6.07, 6.45) is 5.26. The van der Waals surface area contributed by atoms with Crippen LogP contribution in [0, 0.1) is 23.4 Å². The van der Waals surface area contributed by atoms with Crippen molar-refractivity contribution >= 4 is 5.97 Å². The monoisotopic (exact) mass is 480 g/mol. The Morgan fingerprint density at radius 1 is 0.971 bits per heavy atom. The second-order valence-electron chi connectivity index (χ2n) is 8.95. The molecule has 1 saturated carbocycles. The van der Waals surface area contributed by atoms with E-state index < -0.39 is 23.4 Å². The number of hydrogen-bond donors (Lipinski definition) is 0. The molecule has 6 heteroatoms. The number of rotatable bonds is 7. The Morgan fingerprint density at radius 2 is 1.69 bits per heavy atom. The zero-order valence-corrected chi connectivity index (χ0v) is 19.5. The summed E-state index contributed by atoms with van der Waals surface area (Å²) in [5.41, 5.74) is 1.06. The van der Waals surface area contributed by atoms with E-state index >= 15 is 0 Å². The molecular weight excluding hydrogens is 453 g/mol. The minimum atomic E-state index is -0.875. The van der Waals surface area contributed by atoms with Gasteiger partial charge in [0.1, 0.15) is 12.4 Å². The van der Waals surface area contributed by atoms with Crippen LogP contribution in [0.15, 0.2) is 67.3 Å². The summed E-state index contributed by atoms with van der Waals surface area (Å²) in [6.45, 7) is 5.82. The van der Waals surface area contributed by atoms with Crippen LogP contribution < -0.4 is 9.47 Å². The number of esters is 1. The van der Waals surface area contributed by atoms with Crippen LogP contribution in [0.4, 0.5) is 13.2 Å². The van der Waals surface area contributed by atoms with Crippen LogP contribution in [0.25, 0.3) is 11.1 Å². The predicted molar refractivity (Wildman–Crippen MR) is 129 cm³/mol. The van der Waals surface area contributed by atoms with Crippen LogP contribution in [0.3, 0.4) is 0 Å². The summed E-state index contributed by atoms with van der Waals surface area (Å²) in [5.74, 6) is -2.25. The van der Waals surface area contributed by atoms with E-state index in [9.17, 15) is 18.0 Å². The Hall–Kier alpha value is -3.54. The highest BCUT2D eigenvalue weighted by molar-refractivity contribution is 5.91. The molecule has 0 bridgehead atoms. The molecule has 0 unspecified atom stereocenters. The predicted octanol–water partition coefficient (Wildman–Crippen LogP) is 7.85. The van der Waals surface area contributed by atoms with Gasteiger partial charge in [0, 0.05) is 5.56 Å². The molecule has 1 fully saturated rings. The van der Waals surface area contributed by atoms with Gasteiger partial charge in [-0.3, -0.25) is 0 Å². The van der Waals surface area contributed by atoms with Crippen LogP contribution in [-0.2, 0) is 0 Å². The highest BCUT2D eigenvalue weighted by Gasteiger charge is 2.25. The number of hydrogen-bond acceptors (Lipinski definition) is 3. The molecule has 3 nitrogen and oxygen atoms in total. The molecule has 0 amide bonds. The van der Waals surface area contributed by atoms with Crippen LogP contribution in [-0.4, -0.2) is 12.6 Å². The van der Waals surface area contributed by atoms with Gasteiger partial charge in [-0.2, -0.15) is 0 Å². The van der Waals surface area contributed by atoms with Gasteiger partial charge in [0.2, 0.25) is 0 Å². The second kappa shape index (κ2) is 10.8. The van der Waals surface area contributed by atoms with Gasteiger partial charge in [-0.1, -0.05) is 56.7 Å². The van der Waals surface area contributed by atoms with E-state index in [0.717, 1.165) is 31.7 Å². The van der Waals surface area contributed by atoms with Crippen molar-refractivity contribution in [3.63, 3.8) is 0 Å². The summed E-state index contributed by atoms with van der Waals surface area (Å²) in [7, 11) is 0. The molecule has 0 heterocycles. The largest absolute Gasteiger partial charge is 0.486 e. The fraction of sp³-hybridized carbons (Fsp3) is 0.276. The van der Waals surface area contributed by atoms with Crippen molar-refractivity contribution in [2.45, 2.75) is 38.5 Å². The Labute approximate surface area is 203 Å². The first-order chi connectivity index (χ1) is 16.9. The van der Waals surface area contributed by atoms with Crippen LogP contribution in [0.2, 0.25) is 0 Å². The maximum atomic E-state index is 14.9. The molecule has 3 aromatic rings. The summed E-state index contributed by atoms with van der Waals surface area (Å²) in [4.78, 5) is 12.4. The summed E-state index contributed by atoms with van der Waals surface area (Å²) in [6, 6.07) is 13.1. The number of carbonyl (C=O) groups is 1. The highest BCUT2D eigenvalue weighted by atomic mass is 19.2. The normalized spacial score (nSPS) is 17.6. The van der Waals surface area contributed by atoms with E-state index in [-0.39, 0.29) is 35.2 Å². The van der Waals surface area contributed by atoms with Crippen molar-refractivity contribution in [3.05, 3.63) is 95.8 Å². The third kappa shape index (κ3) is 5.59. The Kier molecular flexibility index (Phi) is 7.59. The highest BCUT2D eigenvalue weighted by Crippen LogP contribution is 2.38. The average molecular weight is 481 g/mol. The number of halogens is 3. The summed E-state index contributed by atoms with van der Waals surface area (Å²) < 4.78 is 54.4. The maximum absolute atomic E-state index is 14.9. The number of carbonyl (C=O) groups excluding carboxylic acids is 1. The van der Waals surface area contributed by atoms with E-state index in [2.05, 4.69) is 13.5 Å². The second-order valence-corrected chi connectivity index (χ2v) is 8.95. The molecule has 1 aliphatic rings. The third-order valence-electron chi connectivity index (χ3n) is 6.47. The number of ether oxygens (including phenoxy) is 2. The molecule has 182 valence electrons. The Balaban J connectivity index is 1.46. The molecule has 0 radical (unpaired) electrons. The molecule has 1 aliphatic carbocycles. The van der Waals surface area contributed by atoms with E-state index in [1.165, 1.54) is 30.3 Å². The molecule has 0 spiro atoms. The summed E-state index contributed by atoms with van der Waals surface area (Å²) in [5, 5.41) is 0. The van der Waals surface area contributed by atoms with Crippen molar-refractivity contribution < 1.29 is 27.4 Å². The van der Waals surface area contributed by atoms with E-state index in [1.807, 2.05) is 0 Å². The van der Waals surface area contributed by atoms with Gasteiger partial charge in [0.15, 0.2) is 23.2 Å². The SMILES string of the molecule is C=CCOc1ccc(C(=O)Oc2ccc(-c3ccc(C4CCC(C)CC4)c(F)c3F)cc2)cc1F. The van der Waals surface area contributed by atoms with Gasteiger partial charge in [0.05, 0.1) is 5.56 Å². The quantitative estimate of drug-likeness (QED) is 0.196. The van der Waals surface area contributed by atoms with Crippen LogP contribution >= 0.6 is 0 Å². The third-order valence-corrected chi connectivity index (χ3v) is 6.47.